The van der Waals surface area contributed by atoms with Gasteiger partial charge in [-0.2, -0.15) is 0 Å². The van der Waals surface area contributed by atoms with Gasteiger partial charge in [0.2, 0.25) is 0 Å². The lowest BCUT2D eigenvalue weighted by Gasteiger charge is -2.14. The fourth-order valence-corrected chi connectivity index (χ4v) is 2.21. The van der Waals surface area contributed by atoms with Gasteiger partial charge in [-0.05, 0) is 32.0 Å². The van der Waals surface area contributed by atoms with Crippen molar-refractivity contribution in [2.75, 3.05) is 7.11 Å². The number of hydrogen-bond donors (Lipinski definition) is 1. The van der Waals surface area contributed by atoms with Crippen LogP contribution in [0.2, 0.25) is 0 Å². The van der Waals surface area contributed by atoms with Crippen LogP contribution >= 0.6 is 0 Å². The maximum absolute atomic E-state index is 13.2. The fraction of sp³-hybridized carbons (Fsp3) is 0.312. The molecule has 0 aliphatic rings. The molecule has 0 unspecified atom stereocenters. The van der Waals surface area contributed by atoms with E-state index in [2.05, 4.69) is 4.98 Å². The van der Waals surface area contributed by atoms with Crippen molar-refractivity contribution in [1.82, 2.24) is 4.98 Å². The van der Waals surface area contributed by atoms with Crippen LogP contribution in [0.25, 0.3) is 0 Å². The van der Waals surface area contributed by atoms with Crippen molar-refractivity contribution in [1.29, 1.82) is 0 Å². The van der Waals surface area contributed by atoms with Crippen LogP contribution in [0.1, 0.15) is 22.4 Å². The Morgan fingerprint density at radius 1 is 1.29 bits per heavy atom. The Morgan fingerprint density at radius 3 is 2.71 bits per heavy atom. The van der Waals surface area contributed by atoms with Gasteiger partial charge in [0, 0.05) is 29.4 Å². The topological polar surface area (TPSA) is 57.4 Å². The number of ether oxygens (including phenoxy) is 2. The van der Waals surface area contributed by atoms with Crippen molar-refractivity contribution in [3.63, 3.8) is 0 Å². The molecule has 0 bridgehead atoms. The van der Waals surface area contributed by atoms with Crippen LogP contribution in [0.4, 0.5) is 4.39 Å². The predicted molar refractivity (Wildman–Crippen MR) is 78.9 cm³/mol. The van der Waals surface area contributed by atoms with Gasteiger partial charge in [0.1, 0.15) is 23.9 Å². The van der Waals surface area contributed by atoms with Gasteiger partial charge < -0.3 is 15.2 Å². The van der Waals surface area contributed by atoms with E-state index in [1.165, 1.54) is 12.1 Å². The summed E-state index contributed by atoms with van der Waals surface area (Å²) in [5.74, 6) is 1.05. The lowest BCUT2D eigenvalue weighted by Crippen LogP contribution is -2.06. The molecule has 0 spiro atoms. The third kappa shape index (κ3) is 3.31. The molecule has 0 amide bonds. The van der Waals surface area contributed by atoms with Gasteiger partial charge >= 0.3 is 0 Å². The van der Waals surface area contributed by atoms with Gasteiger partial charge in [0.05, 0.1) is 12.8 Å². The van der Waals surface area contributed by atoms with Crippen molar-refractivity contribution >= 4 is 0 Å². The average molecular weight is 290 g/mol. The standard InChI is InChI=1S/C16H19FN2O2/c1-10-8-19-14(11(2)16(10)20-3)9-21-15-5-4-13(17)6-12(15)7-18/h4-6,8H,7,9,18H2,1-3H3. The molecular formula is C16H19FN2O2. The number of methoxy groups -OCH3 is 1. The Balaban J connectivity index is 2.21. The smallest absolute Gasteiger partial charge is 0.131 e. The minimum atomic E-state index is -0.325. The Labute approximate surface area is 123 Å². The van der Waals surface area contributed by atoms with Crippen molar-refractivity contribution in [2.45, 2.75) is 27.0 Å². The molecule has 1 aromatic heterocycles. The summed E-state index contributed by atoms with van der Waals surface area (Å²) in [6.45, 7) is 4.37. The van der Waals surface area contributed by atoms with Gasteiger partial charge in [0.15, 0.2) is 0 Å². The van der Waals surface area contributed by atoms with E-state index in [4.69, 9.17) is 15.2 Å². The van der Waals surface area contributed by atoms with E-state index in [9.17, 15) is 4.39 Å². The second-order valence-electron chi connectivity index (χ2n) is 4.79. The summed E-state index contributed by atoms with van der Waals surface area (Å²) < 4.78 is 24.3. The molecular weight excluding hydrogens is 271 g/mol. The molecule has 1 heterocycles. The molecule has 0 aliphatic carbocycles. The molecule has 2 rings (SSSR count). The maximum Gasteiger partial charge on any atom is 0.131 e. The van der Waals surface area contributed by atoms with E-state index in [0.29, 0.717) is 11.3 Å². The van der Waals surface area contributed by atoms with Crippen LogP contribution in [-0.4, -0.2) is 12.1 Å². The molecule has 4 nitrogen and oxygen atoms in total. The van der Waals surface area contributed by atoms with E-state index < -0.39 is 0 Å². The number of nitrogens with two attached hydrogens (primary N) is 1. The molecule has 5 heteroatoms. The minimum Gasteiger partial charge on any atom is -0.496 e. The Morgan fingerprint density at radius 2 is 2.05 bits per heavy atom. The summed E-state index contributed by atoms with van der Waals surface area (Å²) in [5, 5.41) is 0. The summed E-state index contributed by atoms with van der Waals surface area (Å²) in [6.07, 6.45) is 1.75. The Bertz CT molecular complexity index is 644. The normalized spacial score (nSPS) is 10.5. The van der Waals surface area contributed by atoms with Crippen LogP contribution in [0.3, 0.4) is 0 Å². The number of benzene rings is 1. The minimum absolute atomic E-state index is 0.219. The van der Waals surface area contributed by atoms with Gasteiger partial charge in [-0.25, -0.2) is 4.39 Å². The molecule has 0 fully saturated rings. The highest BCUT2D eigenvalue weighted by Crippen LogP contribution is 2.26. The van der Waals surface area contributed by atoms with E-state index in [-0.39, 0.29) is 19.0 Å². The third-order valence-corrected chi connectivity index (χ3v) is 3.36. The van der Waals surface area contributed by atoms with Crippen LogP contribution < -0.4 is 15.2 Å². The molecule has 2 aromatic rings. The molecule has 2 N–H and O–H groups in total. The first-order chi connectivity index (χ1) is 10.1. The maximum atomic E-state index is 13.2. The van der Waals surface area contributed by atoms with Gasteiger partial charge in [-0.15, -0.1) is 0 Å². The van der Waals surface area contributed by atoms with Crippen molar-refractivity contribution in [2.24, 2.45) is 5.73 Å². The first-order valence-electron chi connectivity index (χ1n) is 6.67. The van der Waals surface area contributed by atoms with Crippen LogP contribution in [0.15, 0.2) is 24.4 Å². The summed E-state index contributed by atoms with van der Waals surface area (Å²) in [6, 6.07) is 4.31. The first-order valence-corrected chi connectivity index (χ1v) is 6.67. The second-order valence-corrected chi connectivity index (χ2v) is 4.79. The second kappa shape index (κ2) is 6.54. The Hall–Kier alpha value is -2.14. The quantitative estimate of drug-likeness (QED) is 0.920. The van der Waals surface area contributed by atoms with Crippen LogP contribution in [0, 0.1) is 19.7 Å². The molecule has 1 aromatic carbocycles. The van der Waals surface area contributed by atoms with Crippen LogP contribution in [0.5, 0.6) is 11.5 Å². The fourth-order valence-electron chi connectivity index (χ4n) is 2.21. The summed E-state index contributed by atoms with van der Waals surface area (Å²) in [4.78, 5) is 4.36. The SMILES string of the molecule is COc1c(C)cnc(COc2ccc(F)cc2CN)c1C. The molecule has 0 atom stereocenters. The number of halogens is 1. The van der Waals surface area contributed by atoms with E-state index in [1.54, 1.807) is 19.4 Å². The zero-order chi connectivity index (χ0) is 15.4. The summed E-state index contributed by atoms with van der Waals surface area (Å²) >= 11 is 0. The molecule has 0 aliphatic heterocycles. The lowest BCUT2D eigenvalue weighted by molar-refractivity contribution is 0.295. The summed E-state index contributed by atoms with van der Waals surface area (Å²) in [5.41, 5.74) is 8.93. The third-order valence-electron chi connectivity index (χ3n) is 3.36. The van der Waals surface area contributed by atoms with Crippen molar-refractivity contribution in [3.8, 4) is 11.5 Å². The highest BCUT2D eigenvalue weighted by Gasteiger charge is 2.11. The molecule has 0 saturated carbocycles. The number of aryl methyl sites for hydroxylation is 1. The average Bonchev–Trinajstić information content (AvgIpc) is 2.48. The van der Waals surface area contributed by atoms with Gasteiger partial charge in [0.25, 0.3) is 0 Å². The monoisotopic (exact) mass is 290 g/mol. The van der Waals surface area contributed by atoms with Gasteiger partial charge in [-0.3, -0.25) is 4.98 Å². The molecule has 21 heavy (non-hydrogen) atoms. The zero-order valence-electron chi connectivity index (χ0n) is 12.4. The summed E-state index contributed by atoms with van der Waals surface area (Å²) in [7, 11) is 1.63. The highest BCUT2D eigenvalue weighted by atomic mass is 19.1. The number of pyridine rings is 1. The van der Waals surface area contributed by atoms with Crippen molar-refractivity contribution in [3.05, 3.63) is 52.6 Å². The highest BCUT2D eigenvalue weighted by molar-refractivity contribution is 5.41. The van der Waals surface area contributed by atoms with E-state index in [0.717, 1.165) is 22.6 Å². The zero-order valence-corrected chi connectivity index (χ0v) is 12.4. The first kappa shape index (κ1) is 15.3. The molecule has 112 valence electrons. The van der Waals surface area contributed by atoms with Crippen LogP contribution in [-0.2, 0) is 13.2 Å². The van der Waals surface area contributed by atoms with Crippen molar-refractivity contribution < 1.29 is 13.9 Å². The van der Waals surface area contributed by atoms with Gasteiger partial charge in [-0.1, -0.05) is 0 Å². The number of hydrogen-bond acceptors (Lipinski definition) is 4. The number of nitrogens with zero attached hydrogens (tertiary/aromatic N) is 1. The molecule has 0 radical (unpaired) electrons. The number of rotatable bonds is 5. The lowest BCUT2D eigenvalue weighted by atomic mass is 10.1. The predicted octanol–water partition coefficient (Wildman–Crippen LogP) is 2.88. The molecule has 0 saturated heterocycles. The van der Waals surface area contributed by atoms with E-state index in [1.807, 2.05) is 13.8 Å². The van der Waals surface area contributed by atoms with E-state index >= 15 is 0 Å². The Kier molecular flexibility index (Phi) is 4.75. The largest absolute Gasteiger partial charge is 0.496 e. The number of aromatic nitrogens is 1.